The molecule has 8 heteroatoms. The summed E-state index contributed by atoms with van der Waals surface area (Å²) in [5.74, 6) is -3.50. The highest BCUT2D eigenvalue weighted by Gasteiger charge is 2.22. The number of hydrogen-bond acceptors (Lipinski definition) is 4. The molecule has 3 rings (SSSR count). The van der Waals surface area contributed by atoms with Crippen molar-refractivity contribution >= 4 is 23.2 Å². The van der Waals surface area contributed by atoms with Crippen molar-refractivity contribution in [3.05, 3.63) is 59.2 Å². The van der Waals surface area contributed by atoms with Crippen molar-refractivity contribution in [1.29, 1.82) is 0 Å². The number of hydrogen-bond donors (Lipinski definition) is 2. The highest BCUT2D eigenvalue weighted by atomic mass is 19.1. The molecule has 1 atom stereocenters. The van der Waals surface area contributed by atoms with Gasteiger partial charge in [0.1, 0.15) is 11.6 Å². The number of likely N-dealkylation sites (N-methyl/N-ethyl adjacent to an activating group) is 2. The van der Waals surface area contributed by atoms with Gasteiger partial charge in [0.2, 0.25) is 0 Å². The SMILES string of the molecule is CN1CCc2cc([C@@H](CNC(=O)C(=O)Nc3cc(F)ccc3F)N(C)C)ccc21. The van der Waals surface area contributed by atoms with Crippen molar-refractivity contribution in [1.82, 2.24) is 10.2 Å². The molecule has 0 saturated heterocycles. The van der Waals surface area contributed by atoms with E-state index >= 15 is 0 Å². The zero-order valence-corrected chi connectivity index (χ0v) is 16.6. The van der Waals surface area contributed by atoms with E-state index in [9.17, 15) is 18.4 Å². The average Bonchev–Trinajstić information content (AvgIpc) is 3.05. The molecule has 0 unspecified atom stereocenters. The number of rotatable bonds is 5. The molecule has 1 aliphatic heterocycles. The highest BCUT2D eigenvalue weighted by molar-refractivity contribution is 6.39. The molecule has 154 valence electrons. The van der Waals surface area contributed by atoms with Gasteiger partial charge in [-0.05, 0) is 49.8 Å². The van der Waals surface area contributed by atoms with Crippen LogP contribution in [0.4, 0.5) is 20.2 Å². The third kappa shape index (κ3) is 4.71. The van der Waals surface area contributed by atoms with Crippen molar-refractivity contribution in [2.24, 2.45) is 0 Å². The first-order chi connectivity index (χ1) is 13.8. The molecule has 1 heterocycles. The van der Waals surface area contributed by atoms with Crippen molar-refractivity contribution in [2.45, 2.75) is 12.5 Å². The predicted octanol–water partition coefficient (Wildman–Crippen LogP) is 2.31. The van der Waals surface area contributed by atoms with Crippen LogP contribution in [0.2, 0.25) is 0 Å². The van der Waals surface area contributed by atoms with Crippen LogP contribution in [0.1, 0.15) is 17.2 Å². The lowest BCUT2D eigenvalue weighted by Gasteiger charge is -2.26. The maximum atomic E-state index is 13.6. The van der Waals surface area contributed by atoms with Crippen molar-refractivity contribution in [3.8, 4) is 0 Å². The first-order valence-electron chi connectivity index (χ1n) is 9.31. The summed E-state index contributed by atoms with van der Waals surface area (Å²) < 4.78 is 26.9. The first kappa shape index (κ1) is 20.7. The molecular weight excluding hydrogens is 378 g/mol. The number of carbonyl (C=O) groups excluding carboxylic acids is 2. The summed E-state index contributed by atoms with van der Waals surface area (Å²) in [4.78, 5) is 28.4. The topological polar surface area (TPSA) is 64.7 Å². The van der Waals surface area contributed by atoms with Gasteiger partial charge in [-0.2, -0.15) is 0 Å². The lowest BCUT2D eigenvalue weighted by Crippen LogP contribution is -2.40. The van der Waals surface area contributed by atoms with Crippen LogP contribution in [-0.2, 0) is 16.0 Å². The van der Waals surface area contributed by atoms with Gasteiger partial charge in [-0.15, -0.1) is 0 Å². The van der Waals surface area contributed by atoms with Gasteiger partial charge in [0, 0.05) is 31.9 Å². The number of anilines is 2. The molecule has 2 aromatic carbocycles. The molecule has 0 spiro atoms. The van der Waals surface area contributed by atoms with Crippen LogP contribution in [0.15, 0.2) is 36.4 Å². The average molecular weight is 402 g/mol. The fourth-order valence-electron chi connectivity index (χ4n) is 3.43. The van der Waals surface area contributed by atoms with Crippen LogP contribution >= 0.6 is 0 Å². The third-order valence-electron chi connectivity index (χ3n) is 5.08. The Morgan fingerprint density at radius 1 is 1.14 bits per heavy atom. The van der Waals surface area contributed by atoms with Crippen LogP contribution in [0.5, 0.6) is 0 Å². The minimum atomic E-state index is -1.05. The van der Waals surface area contributed by atoms with Gasteiger partial charge in [0.25, 0.3) is 0 Å². The maximum Gasteiger partial charge on any atom is 0.313 e. The minimum absolute atomic E-state index is 0.145. The summed E-state index contributed by atoms with van der Waals surface area (Å²) in [7, 11) is 5.83. The number of benzene rings is 2. The normalized spacial score (nSPS) is 13.9. The number of nitrogens with one attached hydrogen (secondary N) is 2. The fraction of sp³-hybridized carbons (Fsp3) is 0.333. The molecule has 0 aliphatic carbocycles. The van der Waals surface area contributed by atoms with Gasteiger partial charge < -0.3 is 20.4 Å². The van der Waals surface area contributed by atoms with E-state index < -0.39 is 23.4 Å². The van der Waals surface area contributed by atoms with Gasteiger partial charge in [0.15, 0.2) is 0 Å². The highest BCUT2D eigenvalue weighted by Crippen LogP contribution is 2.30. The summed E-state index contributed by atoms with van der Waals surface area (Å²) in [6, 6.07) is 8.70. The Morgan fingerprint density at radius 3 is 2.62 bits per heavy atom. The van der Waals surface area contributed by atoms with E-state index in [4.69, 9.17) is 0 Å². The molecule has 0 radical (unpaired) electrons. The molecule has 0 saturated carbocycles. The Hall–Kier alpha value is -3.00. The molecule has 0 bridgehead atoms. The van der Waals surface area contributed by atoms with Gasteiger partial charge in [-0.1, -0.05) is 12.1 Å². The Bertz CT molecular complexity index is 933. The van der Waals surface area contributed by atoms with Crippen LogP contribution in [0.25, 0.3) is 0 Å². The Kier molecular flexibility index (Phi) is 6.12. The molecule has 29 heavy (non-hydrogen) atoms. The molecule has 2 N–H and O–H groups in total. The first-order valence-corrected chi connectivity index (χ1v) is 9.31. The predicted molar refractivity (Wildman–Crippen MR) is 108 cm³/mol. The number of halogens is 2. The van der Waals surface area contributed by atoms with Gasteiger partial charge in [-0.3, -0.25) is 9.59 Å². The summed E-state index contributed by atoms with van der Waals surface area (Å²) in [5.41, 5.74) is 3.10. The lowest BCUT2D eigenvalue weighted by molar-refractivity contribution is -0.136. The van der Waals surface area contributed by atoms with Crippen molar-refractivity contribution in [2.75, 3.05) is 44.4 Å². The second-order valence-electron chi connectivity index (χ2n) is 7.33. The third-order valence-corrected chi connectivity index (χ3v) is 5.08. The quantitative estimate of drug-likeness (QED) is 0.754. The standard InChI is InChI=1S/C21H24F2N4O2/c1-26(2)19(13-4-7-18-14(10-13)8-9-27(18)3)12-24-20(28)21(29)25-17-11-15(22)5-6-16(17)23/h4-7,10-11,19H,8-9,12H2,1-3H3,(H,24,28)(H,25,29)/t19-/m1/s1. The number of nitrogens with zero attached hydrogens (tertiary/aromatic N) is 2. The van der Waals surface area contributed by atoms with Gasteiger partial charge in [-0.25, -0.2) is 8.78 Å². The van der Waals surface area contributed by atoms with Crippen LogP contribution in [0, 0.1) is 11.6 Å². The van der Waals surface area contributed by atoms with Crippen molar-refractivity contribution in [3.63, 3.8) is 0 Å². The Balaban J connectivity index is 1.65. The van der Waals surface area contributed by atoms with E-state index in [1.54, 1.807) is 0 Å². The largest absolute Gasteiger partial charge is 0.374 e. The fourth-order valence-corrected chi connectivity index (χ4v) is 3.43. The zero-order chi connectivity index (χ0) is 21.1. The lowest BCUT2D eigenvalue weighted by atomic mass is 10.0. The Labute approximate surface area is 168 Å². The summed E-state index contributed by atoms with van der Waals surface area (Å²) in [5, 5.41) is 4.67. The van der Waals surface area contributed by atoms with E-state index in [-0.39, 0.29) is 18.3 Å². The van der Waals surface area contributed by atoms with E-state index in [0.717, 1.165) is 36.7 Å². The summed E-state index contributed by atoms with van der Waals surface area (Å²) in [6.45, 7) is 1.17. The number of carbonyl (C=O) groups is 2. The molecule has 2 aromatic rings. The number of amides is 2. The number of fused-ring (bicyclic) bond motifs is 1. The molecule has 1 aliphatic rings. The molecule has 0 aromatic heterocycles. The van der Waals surface area contributed by atoms with Gasteiger partial charge in [0.05, 0.1) is 11.7 Å². The van der Waals surface area contributed by atoms with E-state index in [1.165, 1.54) is 11.3 Å². The minimum Gasteiger partial charge on any atom is -0.374 e. The second kappa shape index (κ2) is 8.57. The molecular formula is C21H24F2N4O2. The maximum absolute atomic E-state index is 13.6. The molecule has 0 fully saturated rings. The van der Waals surface area contributed by atoms with Crippen LogP contribution in [0.3, 0.4) is 0 Å². The monoisotopic (exact) mass is 402 g/mol. The summed E-state index contributed by atoms with van der Waals surface area (Å²) in [6.07, 6.45) is 0.966. The van der Waals surface area contributed by atoms with Crippen LogP contribution in [-0.4, -0.2) is 50.9 Å². The smallest absolute Gasteiger partial charge is 0.313 e. The van der Waals surface area contributed by atoms with Gasteiger partial charge >= 0.3 is 11.8 Å². The Morgan fingerprint density at radius 2 is 1.90 bits per heavy atom. The second-order valence-corrected chi connectivity index (χ2v) is 7.33. The molecule has 2 amide bonds. The van der Waals surface area contributed by atoms with E-state index in [1.807, 2.05) is 25.1 Å². The zero-order valence-electron chi connectivity index (χ0n) is 16.6. The molecule has 6 nitrogen and oxygen atoms in total. The van der Waals surface area contributed by atoms with Crippen LogP contribution < -0.4 is 15.5 Å². The van der Waals surface area contributed by atoms with E-state index in [0.29, 0.717) is 0 Å². The van der Waals surface area contributed by atoms with Crippen molar-refractivity contribution < 1.29 is 18.4 Å². The van der Waals surface area contributed by atoms with E-state index in [2.05, 4.69) is 34.7 Å². The summed E-state index contributed by atoms with van der Waals surface area (Å²) >= 11 is 0.